The zero-order valence-corrected chi connectivity index (χ0v) is 20.0. The highest BCUT2D eigenvalue weighted by atomic mass is 16.3. The Kier molecular flexibility index (Phi) is 5.86. The van der Waals surface area contributed by atoms with Gasteiger partial charge in [-0.2, -0.15) is 0 Å². The Morgan fingerprint density at radius 2 is 1.76 bits per heavy atom. The number of fused-ring (bicyclic) bond motifs is 5. The third-order valence-corrected chi connectivity index (χ3v) is 10.5. The molecule has 0 bridgehead atoms. The Morgan fingerprint density at radius 3 is 2.48 bits per heavy atom. The maximum atomic E-state index is 10.2. The Morgan fingerprint density at radius 1 is 1.07 bits per heavy atom. The lowest BCUT2D eigenvalue weighted by Gasteiger charge is -2.57. The first-order chi connectivity index (χ1) is 13.7. The number of rotatable bonds is 4. The fraction of sp³-hybridized carbons (Fsp3) is 0.857. The molecule has 0 amide bonds. The summed E-state index contributed by atoms with van der Waals surface area (Å²) in [5, 5.41) is 10.2. The minimum absolute atomic E-state index is 0.0454. The average molecular weight is 399 g/mol. The van der Waals surface area contributed by atoms with Crippen molar-refractivity contribution in [3.8, 4) is 0 Å². The molecular weight excluding hydrogens is 352 g/mol. The van der Waals surface area contributed by atoms with E-state index < -0.39 is 0 Å². The summed E-state index contributed by atoms with van der Waals surface area (Å²) in [5.41, 5.74) is 4.38. The lowest BCUT2D eigenvalue weighted by atomic mass is 9.47. The zero-order valence-electron chi connectivity index (χ0n) is 20.0. The summed E-state index contributed by atoms with van der Waals surface area (Å²) in [6, 6.07) is 0. The molecule has 0 heterocycles. The number of allylic oxidation sites excluding steroid dienone is 4. The molecule has 164 valence electrons. The van der Waals surface area contributed by atoms with Gasteiger partial charge >= 0.3 is 0 Å². The van der Waals surface area contributed by atoms with Crippen LogP contribution in [0, 0.1) is 46.3 Å². The topological polar surface area (TPSA) is 20.2 Å². The van der Waals surface area contributed by atoms with Crippen molar-refractivity contribution in [1.29, 1.82) is 0 Å². The van der Waals surface area contributed by atoms with Crippen molar-refractivity contribution in [3.63, 3.8) is 0 Å². The summed E-state index contributed by atoms with van der Waals surface area (Å²) in [5.74, 6) is 4.69. The van der Waals surface area contributed by atoms with Crippen LogP contribution < -0.4 is 0 Å². The van der Waals surface area contributed by atoms with Crippen molar-refractivity contribution in [2.45, 2.75) is 105 Å². The van der Waals surface area contributed by atoms with Gasteiger partial charge in [-0.05, 0) is 111 Å². The van der Waals surface area contributed by atoms with Crippen molar-refractivity contribution in [2.24, 2.45) is 46.3 Å². The van der Waals surface area contributed by atoms with Gasteiger partial charge in [0, 0.05) is 0 Å². The van der Waals surface area contributed by atoms with E-state index in [1.54, 1.807) is 5.57 Å². The van der Waals surface area contributed by atoms with Crippen LogP contribution in [0.25, 0.3) is 0 Å². The average Bonchev–Trinajstić information content (AvgIpc) is 3.03. The standard InChI is InChI=1S/C28H46O/c1-18(2)19(3)7-8-20(4)24-11-12-25-23-10-9-21-17-22(29)13-15-27(21,5)26(23)14-16-28(24,25)6/h7,10,18,20-22,24-26,29H,8-9,11-17H2,1-6H3. The number of hydrogen-bond acceptors (Lipinski definition) is 1. The van der Waals surface area contributed by atoms with Gasteiger partial charge in [0.15, 0.2) is 0 Å². The van der Waals surface area contributed by atoms with Crippen LogP contribution in [0.15, 0.2) is 23.3 Å². The predicted molar refractivity (Wildman–Crippen MR) is 124 cm³/mol. The monoisotopic (exact) mass is 398 g/mol. The van der Waals surface area contributed by atoms with Gasteiger partial charge in [-0.15, -0.1) is 0 Å². The molecule has 1 nitrogen and oxygen atoms in total. The molecule has 4 aliphatic rings. The van der Waals surface area contributed by atoms with Crippen molar-refractivity contribution in [3.05, 3.63) is 23.3 Å². The molecule has 0 spiro atoms. The highest BCUT2D eigenvalue weighted by Crippen LogP contribution is 2.66. The van der Waals surface area contributed by atoms with Gasteiger partial charge in [-0.1, -0.05) is 57.9 Å². The van der Waals surface area contributed by atoms with Gasteiger partial charge in [0.2, 0.25) is 0 Å². The van der Waals surface area contributed by atoms with Crippen LogP contribution >= 0.6 is 0 Å². The minimum atomic E-state index is -0.0454. The van der Waals surface area contributed by atoms with Crippen LogP contribution in [0.2, 0.25) is 0 Å². The molecular formula is C28H46O. The second kappa shape index (κ2) is 7.85. The van der Waals surface area contributed by atoms with Crippen molar-refractivity contribution >= 4 is 0 Å². The van der Waals surface area contributed by atoms with Gasteiger partial charge in [-0.3, -0.25) is 0 Å². The maximum absolute atomic E-state index is 10.2. The fourth-order valence-electron chi connectivity index (χ4n) is 8.24. The molecule has 4 rings (SSSR count). The Balaban J connectivity index is 1.53. The SMILES string of the molecule is CC(=CCC(C)C1CCC2C3=CCC4CC(O)CCC4(C)C3CCC21C)C(C)C. The maximum Gasteiger partial charge on any atom is 0.0543 e. The van der Waals surface area contributed by atoms with Crippen LogP contribution in [0.3, 0.4) is 0 Å². The first-order valence-electron chi connectivity index (χ1n) is 12.7. The lowest BCUT2D eigenvalue weighted by molar-refractivity contribution is -0.0424. The molecule has 8 unspecified atom stereocenters. The summed E-state index contributed by atoms with van der Waals surface area (Å²) < 4.78 is 0. The summed E-state index contributed by atoms with van der Waals surface area (Å²) >= 11 is 0. The van der Waals surface area contributed by atoms with Gasteiger partial charge in [0.1, 0.15) is 0 Å². The molecule has 0 aromatic heterocycles. The first-order valence-corrected chi connectivity index (χ1v) is 12.7. The van der Waals surface area contributed by atoms with E-state index >= 15 is 0 Å². The van der Waals surface area contributed by atoms with E-state index in [0.29, 0.717) is 22.7 Å². The Hall–Kier alpha value is -0.560. The fourth-order valence-corrected chi connectivity index (χ4v) is 8.24. The molecule has 3 saturated carbocycles. The van der Waals surface area contributed by atoms with Crippen molar-refractivity contribution < 1.29 is 5.11 Å². The molecule has 3 fully saturated rings. The zero-order chi connectivity index (χ0) is 21.0. The molecule has 0 aromatic rings. The molecule has 0 radical (unpaired) electrons. The first kappa shape index (κ1) is 21.7. The summed E-state index contributed by atoms with van der Waals surface area (Å²) in [4.78, 5) is 0. The van der Waals surface area contributed by atoms with Crippen molar-refractivity contribution in [2.75, 3.05) is 0 Å². The van der Waals surface area contributed by atoms with E-state index in [9.17, 15) is 5.11 Å². The molecule has 0 aliphatic heterocycles. The molecule has 0 aromatic carbocycles. The van der Waals surface area contributed by atoms with Crippen LogP contribution in [-0.2, 0) is 0 Å². The smallest absolute Gasteiger partial charge is 0.0543 e. The summed E-state index contributed by atoms with van der Waals surface area (Å²) in [7, 11) is 0. The Labute approximate surface area is 180 Å². The van der Waals surface area contributed by atoms with E-state index in [-0.39, 0.29) is 6.10 Å². The van der Waals surface area contributed by atoms with Gasteiger partial charge in [0.05, 0.1) is 6.10 Å². The quantitative estimate of drug-likeness (QED) is 0.484. The van der Waals surface area contributed by atoms with E-state index in [0.717, 1.165) is 36.5 Å². The summed E-state index contributed by atoms with van der Waals surface area (Å²) in [6.07, 6.45) is 16.6. The highest BCUT2D eigenvalue weighted by molar-refractivity contribution is 5.27. The number of aliphatic hydroxyl groups excluding tert-OH is 1. The van der Waals surface area contributed by atoms with Crippen molar-refractivity contribution in [1.82, 2.24) is 0 Å². The largest absolute Gasteiger partial charge is 0.393 e. The normalized spacial score (nSPS) is 46.0. The second-order valence-electron chi connectivity index (χ2n) is 12.2. The van der Waals surface area contributed by atoms with Gasteiger partial charge < -0.3 is 5.11 Å². The summed E-state index contributed by atoms with van der Waals surface area (Å²) in [6.45, 7) is 14.7. The van der Waals surface area contributed by atoms with Crippen LogP contribution in [0.5, 0.6) is 0 Å². The number of hydrogen-bond donors (Lipinski definition) is 1. The van der Waals surface area contributed by atoms with Gasteiger partial charge in [0.25, 0.3) is 0 Å². The van der Waals surface area contributed by atoms with E-state index in [1.807, 2.05) is 5.57 Å². The molecule has 8 atom stereocenters. The third kappa shape index (κ3) is 3.58. The van der Waals surface area contributed by atoms with E-state index in [4.69, 9.17) is 0 Å². The second-order valence-corrected chi connectivity index (χ2v) is 12.2. The molecule has 4 aliphatic carbocycles. The third-order valence-electron chi connectivity index (χ3n) is 10.5. The predicted octanol–water partition coefficient (Wildman–Crippen LogP) is 7.55. The van der Waals surface area contributed by atoms with Gasteiger partial charge in [-0.25, -0.2) is 0 Å². The minimum Gasteiger partial charge on any atom is -0.393 e. The molecule has 1 heteroatoms. The Bertz CT molecular complexity index is 672. The van der Waals surface area contributed by atoms with Crippen LogP contribution in [-0.4, -0.2) is 11.2 Å². The molecule has 29 heavy (non-hydrogen) atoms. The lowest BCUT2D eigenvalue weighted by Crippen LogP contribution is -2.49. The molecule has 1 N–H and O–H groups in total. The van der Waals surface area contributed by atoms with Crippen LogP contribution in [0.4, 0.5) is 0 Å². The van der Waals surface area contributed by atoms with E-state index in [1.165, 1.54) is 44.9 Å². The molecule has 0 saturated heterocycles. The highest BCUT2D eigenvalue weighted by Gasteiger charge is 2.58. The van der Waals surface area contributed by atoms with Crippen LogP contribution in [0.1, 0.15) is 99.3 Å². The van der Waals surface area contributed by atoms with E-state index in [2.05, 4.69) is 53.7 Å². The number of aliphatic hydroxyl groups is 1.